The number of rotatable bonds is 4. The summed E-state index contributed by atoms with van der Waals surface area (Å²) in [6.45, 7) is 4.12. The van der Waals surface area contributed by atoms with Gasteiger partial charge in [-0.25, -0.2) is 0 Å². The normalized spacial score (nSPS) is 14.9. The van der Waals surface area contributed by atoms with Gasteiger partial charge in [-0.05, 0) is 42.2 Å². The largest absolute Gasteiger partial charge is 0.313 e. The van der Waals surface area contributed by atoms with Crippen molar-refractivity contribution in [3.05, 3.63) is 53.6 Å². The lowest BCUT2D eigenvalue weighted by atomic mass is 9.98. The summed E-state index contributed by atoms with van der Waals surface area (Å²) in [5.74, 6) is 0. The zero-order valence-corrected chi connectivity index (χ0v) is 9.87. The molecule has 0 spiro atoms. The summed E-state index contributed by atoms with van der Waals surface area (Å²) in [7, 11) is 0. The zero-order valence-electron chi connectivity index (χ0n) is 9.87. The highest BCUT2D eigenvalue weighted by Gasteiger charge is 2.01. The average Bonchev–Trinajstić information content (AvgIpc) is 2.38. The third-order valence-corrected chi connectivity index (χ3v) is 2.83. The molecule has 1 aromatic rings. The van der Waals surface area contributed by atoms with Gasteiger partial charge in [0.05, 0.1) is 0 Å². The first kappa shape index (κ1) is 11.2. The van der Waals surface area contributed by atoms with Crippen LogP contribution in [0.1, 0.15) is 30.9 Å². The van der Waals surface area contributed by atoms with Crippen LogP contribution in [0.4, 0.5) is 0 Å². The number of allylic oxidation sites excluding steroid dienone is 4. The summed E-state index contributed by atoms with van der Waals surface area (Å²) >= 11 is 0. The second kappa shape index (κ2) is 5.66. The van der Waals surface area contributed by atoms with Crippen molar-refractivity contribution in [2.24, 2.45) is 0 Å². The van der Waals surface area contributed by atoms with Crippen molar-refractivity contribution in [1.29, 1.82) is 0 Å². The van der Waals surface area contributed by atoms with E-state index in [0.29, 0.717) is 0 Å². The van der Waals surface area contributed by atoms with E-state index in [9.17, 15) is 0 Å². The molecular weight excluding hydrogens is 194 g/mol. The van der Waals surface area contributed by atoms with Crippen molar-refractivity contribution in [3.8, 4) is 0 Å². The third kappa shape index (κ3) is 2.83. The molecule has 0 unspecified atom stereocenters. The summed E-state index contributed by atoms with van der Waals surface area (Å²) < 4.78 is 0. The first-order chi connectivity index (χ1) is 7.90. The topological polar surface area (TPSA) is 12.0 Å². The van der Waals surface area contributed by atoms with Gasteiger partial charge in [0.1, 0.15) is 0 Å². The molecule has 1 N–H and O–H groups in total. The standard InChI is InChI=1S/C15H19N/c1-2-16-12-13-7-6-10-15(11-13)14-8-4-3-5-9-14/h4,6-11,16H,2-3,5,12H2,1H3. The van der Waals surface area contributed by atoms with E-state index in [2.05, 4.69) is 54.7 Å². The van der Waals surface area contributed by atoms with E-state index >= 15 is 0 Å². The Labute approximate surface area is 97.9 Å². The van der Waals surface area contributed by atoms with Gasteiger partial charge in [0.2, 0.25) is 0 Å². The van der Waals surface area contributed by atoms with E-state index in [1.165, 1.54) is 29.5 Å². The van der Waals surface area contributed by atoms with Gasteiger partial charge < -0.3 is 5.32 Å². The fourth-order valence-electron chi connectivity index (χ4n) is 1.96. The van der Waals surface area contributed by atoms with Crippen molar-refractivity contribution in [2.45, 2.75) is 26.3 Å². The average molecular weight is 213 g/mol. The van der Waals surface area contributed by atoms with Gasteiger partial charge >= 0.3 is 0 Å². The Hall–Kier alpha value is -1.34. The maximum atomic E-state index is 3.36. The smallest absolute Gasteiger partial charge is 0.0205 e. The predicted octanol–water partition coefficient (Wildman–Crippen LogP) is 3.53. The minimum atomic E-state index is 0.960. The zero-order chi connectivity index (χ0) is 11.2. The second-order valence-electron chi connectivity index (χ2n) is 4.12. The molecule has 2 rings (SSSR count). The molecule has 0 radical (unpaired) electrons. The van der Waals surface area contributed by atoms with E-state index in [1.54, 1.807) is 0 Å². The highest BCUT2D eigenvalue weighted by molar-refractivity contribution is 5.75. The van der Waals surface area contributed by atoms with E-state index in [-0.39, 0.29) is 0 Å². The van der Waals surface area contributed by atoms with Crippen LogP contribution in [0.2, 0.25) is 0 Å². The Morgan fingerprint density at radius 3 is 2.94 bits per heavy atom. The van der Waals surface area contributed by atoms with Gasteiger partial charge in [-0.15, -0.1) is 0 Å². The summed E-state index contributed by atoms with van der Waals surface area (Å²) in [5.41, 5.74) is 4.06. The maximum absolute atomic E-state index is 3.36. The lowest BCUT2D eigenvalue weighted by Crippen LogP contribution is -2.11. The highest BCUT2D eigenvalue weighted by Crippen LogP contribution is 2.21. The number of hydrogen-bond donors (Lipinski definition) is 1. The quantitative estimate of drug-likeness (QED) is 0.806. The van der Waals surface area contributed by atoms with Crippen molar-refractivity contribution in [2.75, 3.05) is 6.54 Å². The van der Waals surface area contributed by atoms with Crippen molar-refractivity contribution >= 4 is 5.57 Å². The maximum Gasteiger partial charge on any atom is 0.0205 e. The molecular formula is C15H19N. The first-order valence-corrected chi connectivity index (χ1v) is 6.07. The molecule has 0 aromatic heterocycles. The molecule has 1 heteroatoms. The predicted molar refractivity (Wildman–Crippen MR) is 70.2 cm³/mol. The number of hydrogen-bond acceptors (Lipinski definition) is 1. The minimum absolute atomic E-state index is 0.960. The lowest BCUT2D eigenvalue weighted by molar-refractivity contribution is 0.727. The molecule has 0 saturated carbocycles. The van der Waals surface area contributed by atoms with Crippen LogP contribution in [0.3, 0.4) is 0 Å². The van der Waals surface area contributed by atoms with Crippen molar-refractivity contribution in [1.82, 2.24) is 5.32 Å². The summed E-state index contributed by atoms with van der Waals surface area (Å²) in [6, 6.07) is 8.80. The van der Waals surface area contributed by atoms with Crippen LogP contribution in [0.5, 0.6) is 0 Å². The Morgan fingerprint density at radius 1 is 1.25 bits per heavy atom. The molecule has 0 atom stereocenters. The Kier molecular flexibility index (Phi) is 3.95. The third-order valence-electron chi connectivity index (χ3n) is 2.83. The highest BCUT2D eigenvalue weighted by atomic mass is 14.8. The molecule has 1 aromatic carbocycles. The molecule has 0 amide bonds. The van der Waals surface area contributed by atoms with Crippen LogP contribution in [0.25, 0.3) is 5.57 Å². The van der Waals surface area contributed by atoms with Crippen LogP contribution in [-0.4, -0.2) is 6.54 Å². The second-order valence-corrected chi connectivity index (χ2v) is 4.12. The van der Waals surface area contributed by atoms with E-state index in [0.717, 1.165) is 13.1 Å². The molecule has 0 bridgehead atoms. The van der Waals surface area contributed by atoms with Crippen LogP contribution >= 0.6 is 0 Å². The number of nitrogens with one attached hydrogen (secondary N) is 1. The van der Waals surface area contributed by atoms with Crippen molar-refractivity contribution in [3.63, 3.8) is 0 Å². The van der Waals surface area contributed by atoms with Gasteiger partial charge in [0.25, 0.3) is 0 Å². The summed E-state index contributed by atoms with van der Waals surface area (Å²) in [5, 5.41) is 3.36. The van der Waals surface area contributed by atoms with Gasteiger partial charge in [-0.1, -0.05) is 43.4 Å². The lowest BCUT2D eigenvalue weighted by Gasteiger charge is -2.09. The van der Waals surface area contributed by atoms with Crippen LogP contribution < -0.4 is 5.32 Å². The van der Waals surface area contributed by atoms with Crippen molar-refractivity contribution < 1.29 is 0 Å². The molecule has 1 nitrogen and oxygen atoms in total. The van der Waals surface area contributed by atoms with Crippen LogP contribution in [0.15, 0.2) is 42.5 Å². The first-order valence-electron chi connectivity index (χ1n) is 6.07. The van der Waals surface area contributed by atoms with E-state index in [1.807, 2.05) is 0 Å². The Morgan fingerprint density at radius 2 is 2.19 bits per heavy atom. The molecule has 84 valence electrons. The van der Waals surface area contributed by atoms with E-state index < -0.39 is 0 Å². The van der Waals surface area contributed by atoms with Gasteiger partial charge in [0, 0.05) is 6.54 Å². The molecule has 0 aliphatic heterocycles. The molecule has 1 aliphatic carbocycles. The molecule has 0 saturated heterocycles. The monoisotopic (exact) mass is 213 g/mol. The SMILES string of the molecule is CCNCc1cccc(C2=CCCC=C2)c1. The summed E-state index contributed by atoms with van der Waals surface area (Å²) in [6.07, 6.45) is 9.17. The van der Waals surface area contributed by atoms with Gasteiger partial charge in [-0.2, -0.15) is 0 Å². The number of benzene rings is 1. The molecule has 1 aliphatic rings. The van der Waals surface area contributed by atoms with Crippen LogP contribution in [0, 0.1) is 0 Å². The molecule has 0 fully saturated rings. The molecule has 16 heavy (non-hydrogen) atoms. The fraction of sp³-hybridized carbons (Fsp3) is 0.333. The minimum Gasteiger partial charge on any atom is -0.313 e. The van der Waals surface area contributed by atoms with Gasteiger partial charge in [-0.3, -0.25) is 0 Å². The Balaban J connectivity index is 2.15. The Bertz CT molecular complexity index is 402. The van der Waals surface area contributed by atoms with E-state index in [4.69, 9.17) is 0 Å². The van der Waals surface area contributed by atoms with Crippen LogP contribution in [-0.2, 0) is 6.54 Å². The van der Waals surface area contributed by atoms with Gasteiger partial charge in [0.15, 0.2) is 0 Å². The molecule has 0 heterocycles. The summed E-state index contributed by atoms with van der Waals surface area (Å²) in [4.78, 5) is 0. The fourth-order valence-corrected chi connectivity index (χ4v) is 1.96.